The largest absolute Gasteiger partial charge is 0.497 e. The minimum Gasteiger partial charge on any atom is -0.497 e. The number of rotatable bonds is 5. The Bertz CT molecular complexity index is 727. The molecule has 0 saturated heterocycles. The molecule has 2 rings (SSSR count). The highest BCUT2D eigenvalue weighted by molar-refractivity contribution is 7.94. The summed E-state index contributed by atoms with van der Waals surface area (Å²) in [5.74, 6) is 0.559. The van der Waals surface area contributed by atoms with Gasteiger partial charge >= 0.3 is 0 Å². The number of fused-ring (bicyclic) bond motifs is 1. The van der Waals surface area contributed by atoms with Crippen LogP contribution in [0.4, 0.5) is 0 Å². The lowest BCUT2D eigenvalue weighted by molar-refractivity contribution is -0.432. The Labute approximate surface area is 118 Å². The van der Waals surface area contributed by atoms with Crippen molar-refractivity contribution in [2.75, 3.05) is 7.11 Å². The highest BCUT2D eigenvalue weighted by atomic mass is 32.2. The molecule has 0 unspecified atom stereocenters. The fourth-order valence-electron chi connectivity index (χ4n) is 1.67. The molecule has 2 aromatic rings. The van der Waals surface area contributed by atoms with Gasteiger partial charge in [0.05, 0.1) is 24.0 Å². The van der Waals surface area contributed by atoms with Crippen molar-refractivity contribution in [1.82, 2.24) is 0 Å². The molecule has 0 heterocycles. The maximum atomic E-state index is 11.2. The third kappa shape index (κ3) is 3.20. The predicted octanol–water partition coefficient (Wildman–Crippen LogP) is 2.52. The molecular weight excluding hydrogens is 308 g/mol. The maximum absolute atomic E-state index is 11.2. The van der Waals surface area contributed by atoms with Gasteiger partial charge in [0.2, 0.25) is 0 Å². The molecule has 0 aliphatic carbocycles. The molecule has 0 aromatic heterocycles. The maximum Gasteiger partial charge on any atom is 0.294 e. The first-order valence-electron chi connectivity index (χ1n) is 5.20. The molecule has 0 aliphatic rings. The fourth-order valence-corrected chi connectivity index (χ4v) is 2.84. The van der Waals surface area contributed by atoms with Crippen LogP contribution in [0.15, 0.2) is 40.1 Å². The van der Waals surface area contributed by atoms with E-state index in [0.717, 1.165) is 0 Å². The first kappa shape index (κ1) is 15.0. The van der Waals surface area contributed by atoms with Crippen LogP contribution in [-0.4, -0.2) is 25.3 Å². The van der Waals surface area contributed by atoms with Crippen LogP contribution in [0, 0.1) is 0 Å². The van der Waals surface area contributed by atoms with E-state index in [2.05, 4.69) is 9.37 Å². The molecule has 0 amide bonds. The van der Waals surface area contributed by atoms with E-state index >= 15 is 0 Å². The van der Waals surface area contributed by atoms with Gasteiger partial charge in [-0.2, -0.15) is 8.42 Å². The molecule has 2 N–H and O–H groups in total. The monoisotopic (exact) mass is 318 g/mol. The summed E-state index contributed by atoms with van der Waals surface area (Å²) in [6.45, 7) is 0. The van der Waals surface area contributed by atoms with Crippen molar-refractivity contribution in [3.05, 3.63) is 30.3 Å². The van der Waals surface area contributed by atoms with Crippen LogP contribution in [-0.2, 0) is 19.5 Å². The Morgan fingerprint density at radius 2 is 1.95 bits per heavy atom. The molecule has 0 aliphatic heterocycles. The van der Waals surface area contributed by atoms with Gasteiger partial charge in [-0.05, 0) is 29.7 Å². The van der Waals surface area contributed by atoms with E-state index < -0.39 is 10.1 Å². The second kappa shape index (κ2) is 5.95. The van der Waals surface area contributed by atoms with Gasteiger partial charge in [-0.25, -0.2) is 5.26 Å². The Morgan fingerprint density at radius 1 is 1.20 bits per heavy atom. The standard InChI is InChI=1S/C11H10O7S2/c1-16-8-3-2-7-4-9(20(13,14)15)6-11(10(7)5-8)19-18-17-12/h2-6,12H,1H3,(H,13,14,15). The van der Waals surface area contributed by atoms with Crippen LogP contribution in [0.25, 0.3) is 10.8 Å². The fraction of sp³-hybridized carbons (Fsp3) is 0.0909. The zero-order valence-electron chi connectivity index (χ0n) is 10.1. The number of methoxy groups -OCH3 is 1. The smallest absolute Gasteiger partial charge is 0.294 e. The number of hydrogen-bond donors (Lipinski definition) is 2. The van der Waals surface area contributed by atoms with Gasteiger partial charge in [0.1, 0.15) is 5.75 Å². The number of hydrogen-bond acceptors (Lipinski definition) is 7. The number of benzene rings is 2. The van der Waals surface area contributed by atoms with Crippen LogP contribution in [0.2, 0.25) is 0 Å². The second-order valence-electron chi connectivity index (χ2n) is 3.71. The van der Waals surface area contributed by atoms with Crippen molar-refractivity contribution in [1.29, 1.82) is 0 Å². The van der Waals surface area contributed by atoms with Gasteiger partial charge in [0.15, 0.2) is 0 Å². The van der Waals surface area contributed by atoms with E-state index in [1.165, 1.54) is 19.2 Å². The van der Waals surface area contributed by atoms with Crippen molar-refractivity contribution in [2.24, 2.45) is 0 Å². The topological polar surface area (TPSA) is 102 Å². The molecular formula is C11H10O7S2. The summed E-state index contributed by atoms with van der Waals surface area (Å²) >= 11 is 0.596. The lowest BCUT2D eigenvalue weighted by Gasteiger charge is -2.08. The van der Waals surface area contributed by atoms with Crippen LogP contribution < -0.4 is 4.74 Å². The molecule has 0 saturated carbocycles. The van der Waals surface area contributed by atoms with Crippen LogP contribution >= 0.6 is 12.0 Å². The molecule has 108 valence electrons. The van der Waals surface area contributed by atoms with Crippen LogP contribution in [0.3, 0.4) is 0 Å². The lowest BCUT2D eigenvalue weighted by atomic mass is 10.1. The Balaban J connectivity index is 2.67. The van der Waals surface area contributed by atoms with Gasteiger partial charge in [-0.3, -0.25) is 4.55 Å². The van der Waals surface area contributed by atoms with Crippen LogP contribution in [0.1, 0.15) is 0 Å². The van der Waals surface area contributed by atoms with Crippen molar-refractivity contribution in [3.8, 4) is 5.75 Å². The molecule has 0 fully saturated rings. The van der Waals surface area contributed by atoms with Gasteiger partial charge < -0.3 is 4.74 Å². The Morgan fingerprint density at radius 3 is 2.55 bits per heavy atom. The van der Waals surface area contributed by atoms with Crippen molar-refractivity contribution < 1.29 is 32.3 Å². The predicted molar refractivity (Wildman–Crippen MR) is 71.0 cm³/mol. The molecule has 0 bridgehead atoms. The first-order valence-corrected chi connectivity index (χ1v) is 7.38. The van der Waals surface area contributed by atoms with Gasteiger partial charge in [-0.1, -0.05) is 11.1 Å². The minimum absolute atomic E-state index is 0.292. The summed E-state index contributed by atoms with van der Waals surface area (Å²) in [5, 5.41) is 12.8. The molecule has 7 nitrogen and oxygen atoms in total. The van der Waals surface area contributed by atoms with E-state index in [9.17, 15) is 8.42 Å². The summed E-state index contributed by atoms with van der Waals surface area (Å²) in [4.78, 5) is 0.0299. The molecule has 0 radical (unpaired) electrons. The third-order valence-corrected chi connectivity index (χ3v) is 4.03. The van der Waals surface area contributed by atoms with Gasteiger partial charge in [0.25, 0.3) is 10.1 Å². The van der Waals surface area contributed by atoms with Crippen LogP contribution in [0.5, 0.6) is 5.75 Å². The quantitative estimate of drug-likeness (QED) is 0.375. The second-order valence-corrected chi connectivity index (χ2v) is 5.87. The summed E-state index contributed by atoms with van der Waals surface area (Å²) in [6.07, 6.45) is 0. The molecule has 0 spiro atoms. The summed E-state index contributed by atoms with van der Waals surface area (Å²) in [6, 6.07) is 7.45. The SMILES string of the molecule is COc1ccc2cc(S(=O)(=O)O)cc(SOOO)c2c1. The first-order chi connectivity index (χ1) is 9.45. The molecule has 9 heteroatoms. The number of ether oxygens (including phenoxy) is 1. The lowest BCUT2D eigenvalue weighted by Crippen LogP contribution is -1.98. The van der Waals surface area contributed by atoms with Gasteiger partial charge in [-0.15, -0.1) is 4.33 Å². The van der Waals surface area contributed by atoms with E-state index in [0.29, 0.717) is 33.5 Å². The average Bonchev–Trinajstić information content (AvgIpc) is 2.42. The molecule has 2 aromatic carbocycles. The Kier molecular flexibility index (Phi) is 4.48. The zero-order chi connectivity index (χ0) is 14.8. The van der Waals surface area contributed by atoms with Crippen molar-refractivity contribution >= 4 is 32.9 Å². The van der Waals surface area contributed by atoms with Gasteiger partial charge in [0, 0.05) is 10.3 Å². The van der Waals surface area contributed by atoms with E-state index in [1.54, 1.807) is 18.2 Å². The third-order valence-electron chi connectivity index (χ3n) is 2.55. The summed E-state index contributed by atoms with van der Waals surface area (Å²) < 4.78 is 41.0. The van der Waals surface area contributed by atoms with Crippen molar-refractivity contribution in [3.63, 3.8) is 0 Å². The Hall–Kier alpha value is -1.36. The highest BCUT2D eigenvalue weighted by Gasteiger charge is 2.15. The molecule has 20 heavy (non-hydrogen) atoms. The zero-order valence-corrected chi connectivity index (χ0v) is 11.8. The van der Waals surface area contributed by atoms with E-state index in [-0.39, 0.29) is 4.90 Å². The highest BCUT2D eigenvalue weighted by Crippen LogP contribution is 2.33. The van der Waals surface area contributed by atoms with E-state index in [1.807, 2.05) is 0 Å². The summed E-state index contributed by atoms with van der Waals surface area (Å²) in [5.41, 5.74) is 0. The molecule has 0 atom stereocenters. The average molecular weight is 318 g/mol. The van der Waals surface area contributed by atoms with Crippen molar-refractivity contribution in [2.45, 2.75) is 9.79 Å². The van der Waals surface area contributed by atoms with E-state index in [4.69, 9.17) is 14.5 Å². The summed E-state index contributed by atoms with van der Waals surface area (Å²) in [7, 11) is -2.87. The normalized spacial score (nSPS) is 11.8. The minimum atomic E-state index is -4.36.